The molecule has 1 fully saturated rings. The van der Waals surface area contributed by atoms with Crippen LogP contribution in [-0.2, 0) is 23.4 Å². The maximum atomic E-state index is 12.8. The van der Waals surface area contributed by atoms with Gasteiger partial charge in [0.25, 0.3) is 5.56 Å². The van der Waals surface area contributed by atoms with Gasteiger partial charge in [-0.2, -0.15) is 0 Å². The van der Waals surface area contributed by atoms with Crippen molar-refractivity contribution in [1.82, 2.24) is 9.55 Å². The van der Waals surface area contributed by atoms with Crippen molar-refractivity contribution in [3.05, 3.63) is 32.6 Å². The van der Waals surface area contributed by atoms with Gasteiger partial charge >= 0.3 is 11.7 Å². The molecule has 0 unspecified atom stereocenters. The molecule has 13 nitrogen and oxygen atoms in total. The van der Waals surface area contributed by atoms with Crippen molar-refractivity contribution in [2.45, 2.75) is 92.1 Å². The number of rotatable bonds is 19. The molecular weight excluding hydrogens is 567 g/mol. The third-order valence-electron chi connectivity index (χ3n) is 9.20. The fraction of sp³-hybridized carbons (Fsp3) is 0.821. The number of H-pyrrole nitrogens is 1. The molecule has 0 aromatic carbocycles. The molecule has 3 atom stereocenters. The number of carbonyl (C=O) groups is 1. The van der Waals surface area contributed by atoms with Crippen LogP contribution in [0.2, 0.25) is 0 Å². The van der Waals surface area contributed by atoms with E-state index in [-0.39, 0.29) is 18.4 Å². The molecule has 42 heavy (non-hydrogen) atoms. The second-order valence-electron chi connectivity index (χ2n) is 11.4. The monoisotopic (exact) mass is 618 g/mol. The van der Waals surface area contributed by atoms with E-state index >= 15 is 0 Å². The van der Waals surface area contributed by atoms with Crippen molar-refractivity contribution < 1.29 is 42.1 Å². The first kappa shape index (κ1) is 36.3. The highest BCUT2D eigenvalue weighted by atomic mass is 31.2. The number of hydrogen-bond acceptors (Lipinski definition) is 9. The summed E-state index contributed by atoms with van der Waals surface area (Å²) in [5.74, 6) is -0.478. The SMILES string of the molecule is CC[N+](CC)(CC)CCC[N+](CC)(CC)CCCCC(=O)O[C@H]1C[C@H](n2cc(C)c(=O)[nH]c2=O)O[C@@H]1COP(=O)([O-])[O-]. The van der Waals surface area contributed by atoms with Crippen LogP contribution in [0, 0.1) is 6.92 Å². The molecule has 0 bridgehead atoms. The highest BCUT2D eigenvalue weighted by molar-refractivity contribution is 7.43. The van der Waals surface area contributed by atoms with E-state index in [1.807, 2.05) is 0 Å². The number of nitrogens with zero attached hydrogens (tertiary/aromatic N) is 3. The summed E-state index contributed by atoms with van der Waals surface area (Å²) in [5, 5.41) is 0. The highest BCUT2D eigenvalue weighted by Crippen LogP contribution is 2.34. The molecule has 0 amide bonds. The summed E-state index contributed by atoms with van der Waals surface area (Å²) >= 11 is 0. The molecule has 1 aliphatic heterocycles. The Hall–Kier alpha value is -1.86. The van der Waals surface area contributed by atoms with Gasteiger partial charge in [-0.1, -0.05) is 0 Å². The zero-order chi connectivity index (χ0) is 31.6. The number of phosphoric acid groups is 1. The van der Waals surface area contributed by atoms with E-state index < -0.39 is 50.1 Å². The summed E-state index contributed by atoms with van der Waals surface area (Å²) in [4.78, 5) is 61.2. The second-order valence-corrected chi connectivity index (χ2v) is 12.5. The second kappa shape index (κ2) is 16.3. The van der Waals surface area contributed by atoms with Crippen LogP contribution in [0.4, 0.5) is 0 Å². The summed E-state index contributed by atoms with van der Waals surface area (Å²) in [5.41, 5.74) is -0.999. The number of aryl methyl sites for hydroxylation is 1. The lowest BCUT2D eigenvalue weighted by Gasteiger charge is -2.40. The molecule has 1 aliphatic rings. The molecule has 2 heterocycles. The minimum Gasteiger partial charge on any atom is -0.790 e. The number of aromatic amines is 1. The number of phosphoric ester groups is 1. The van der Waals surface area contributed by atoms with Crippen LogP contribution in [0.15, 0.2) is 15.8 Å². The normalized spacial score (nSPS) is 19.8. The number of aromatic nitrogens is 2. The van der Waals surface area contributed by atoms with E-state index in [1.54, 1.807) is 0 Å². The van der Waals surface area contributed by atoms with Gasteiger partial charge in [-0.25, -0.2) is 4.79 Å². The molecular formula is C28H51N4O9P. The van der Waals surface area contributed by atoms with E-state index in [2.05, 4.69) is 44.1 Å². The minimum absolute atomic E-state index is 0.0200. The Kier molecular flexibility index (Phi) is 14.1. The Morgan fingerprint density at radius 1 is 1.00 bits per heavy atom. The molecule has 0 spiro atoms. The predicted octanol–water partition coefficient (Wildman–Crippen LogP) is 1.18. The van der Waals surface area contributed by atoms with Gasteiger partial charge < -0.3 is 37.3 Å². The Balaban J connectivity index is 1.96. The van der Waals surface area contributed by atoms with Crippen molar-refractivity contribution >= 4 is 13.8 Å². The lowest BCUT2D eigenvalue weighted by atomic mass is 10.1. The van der Waals surface area contributed by atoms with E-state index in [0.717, 1.165) is 72.2 Å². The van der Waals surface area contributed by atoms with Crippen LogP contribution in [-0.4, -0.2) is 95.7 Å². The van der Waals surface area contributed by atoms with Crippen LogP contribution < -0.4 is 21.0 Å². The molecule has 0 aliphatic carbocycles. The van der Waals surface area contributed by atoms with Crippen LogP contribution in [0.25, 0.3) is 0 Å². The van der Waals surface area contributed by atoms with E-state index in [4.69, 9.17) is 9.47 Å². The molecule has 14 heteroatoms. The number of unbranched alkanes of at least 4 members (excludes halogenated alkanes) is 1. The quantitative estimate of drug-likeness (QED) is 0.104. The molecule has 1 saturated heterocycles. The maximum Gasteiger partial charge on any atom is 0.330 e. The van der Waals surface area contributed by atoms with E-state index in [9.17, 15) is 28.7 Å². The first-order valence-corrected chi connectivity index (χ1v) is 16.8. The van der Waals surface area contributed by atoms with Gasteiger partial charge in [0.1, 0.15) is 18.4 Å². The lowest BCUT2D eigenvalue weighted by molar-refractivity contribution is -0.942. The smallest absolute Gasteiger partial charge is 0.330 e. The summed E-state index contributed by atoms with van der Waals surface area (Å²) < 4.78 is 30.1. The van der Waals surface area contributed by atoms with Gasteiger partial charge in [-0.05, 0) is 54.4 Å². The summed E-state index contributed by atoms with van der Waals surface area (Å²) in [6.07, 6.45) is 1.17. The van der Waals surface area contributed by atoms with Crippen molar-refractivity contribution in [3.63, 3.8) is 0 Å². The first-order chi connectivity index (χ1) is 19.8. The van der Waals surface area contributed by atoms with E-state index in [0.29, 0.717) is 6.42 Å². The van der Waals surface area contributed by atoms with Crippen molar-refractivity contribution in [1.29, 1.82) is 0 Å². The average Bonchev–Trinajstić information content (AvgIpc) is 3.35. The standard InChI is InChI=1S/C28H51N4O9P/c1-7-31(8-2,9-3)17-14-18-32(10-4,11-5)16-13-12-15-26(33)41-23-19-25(40-24(23)21-39-42(36,37)38)30-20-22(6)27(34)29-28(30)35/h20,23-25H,7-19,21H2,1-6H3,(H-2,29,34,35,36,37,38)/t23-,24+,25+/m0/s1. The third kappa shape index (κ3) is 10.4. The zero-order valence-corrected chi connectivity index (χ0v) is 27.1. The average molecular weight is 619 g/mol. The van der Waals surface area contributed by atoms with Crippen molar-refractivity contribution in [3.8, 4) is 0 Å². The minimum atomic E-state index is -5.30. The fourth-order valence-electron chi connectivity index (χ4n) is 5.91. The number of hydrogen-bond donors (Lipinski definition) is 1. The summed E-state index contributed by atoms with van der Waals surface area (Å²) in [7, 11) is -5.30. The number of ether oxygens (including phenoxy) is 2. The van der Waals surface area contributed by atoms with Crippen molar-refractivity contribution in [2.24, 2.45) is 0 Å². The first-order valence-electron chi connectivity index (χ1n) is 15.3. The van der Waals surface area contributed by atoms with E-state index in [1.165, 1.54) is 19.7 Å². The molecule has 242 valence electrons. The number of esters is 1. The van der Waals surface area contributed by atoms with Crippen molar-refractivity contribution in [2.75, 3.05) is 59.0 Å². The van der Waals surface area contributed by atoms with Gasteiger partial charge in [-0.15, -0.1) is 0 Å². The van der Waals surface area contributed by atoms with Crippen LogP contribution in [0.3, 0.4) is 0 Å². The van der Waals surface area contributed by atoms with Gasteiger partial charge in [0, 0.05) is 31.0 Å². The Labute approximate surface area is 249 Å². The summed E-state index contributed by atoms with van der Waals surface area (Å²) in [6, 6.07) is 0. The van der Waals surface area contributed by atoms with Gasteiger partial charge in [0.15, 0.2) is 0 Å². The lowest BCUT2D eigenvalue weighted by Crippen LogP contribution is -2.52. The fourth-order valence-corrected chi connectivity index (χ4v) is 6.24. The Bertz CT molecular complexity index is 1150. The number of nitrogens with one attached hydrogen (secondary N) is 1. The molecule has 1 aromatic rings. The largest absolute Gasteiger partial charge is 0.790 e. The van der Waals surface area contributed by atoms with Crippen LogP contribution >= 0.6 is 7.82 Å². The molecule has 1 aromatic heterocycles. The molecule has 1 N–H and O–H groups in total. The zero-order valence-electron chi connectivity index (χ0n) is 26.2. The van der Waals surface area contributed by atoms with Crippen LogP contribution in [0.1, 0.15) is 78.5 Å². The Morgan fingerprint density at radius 2 is 1.57 bits per heavy atom. The summed E-state index contributed by atoms with van der Waals surface area (Å²) in [6.45, 7) is 20.8. The van der Waals surface area contributed by atoms with Gasteiger partial charge in [0.2, 0.25) is 0 Å². The third-order valence-corrected chi connectivity index (χ3v) is 9.66. The molecule has 0 saturated carbocycles. The molecule has 0 radical (unpaired) electrons. The molecule has 2 rings (SSSR count). The topological polar surface area (TPSA) is 163 Å². The predicted molar refractivity (Wildman–Crippen MR) is 154 cm³/mol. The number of quaternary nitrogens is 2. The Morgan fingerprint density at radius 3 is 2.14 bits per heavy atom. The maximum absolute atomic E-state index is 12.8. The van der Waals surface area contributed by atoms with Gasteiger partial charge in [0.05, 0.1) is 66.8 Å². The van der Waals surface area contributed by atoms with Crippen LogP contribution in [0.5, 0.6) is 0 Å². The number of carbonyl (C=O) groups excluding carboxylic acids is 1. The van der Waals surface area contributed by atoms with Gasteiger partial charge in [-0.3, -0.25) is 19.1 Å². The highest BCUT2D eigenvalue weighted by Gasteiger charge is 2.40.